The molecule has 0 aliphatic carbocycles. The second kappa shape index (κ2) is 5.47. The summed E-state index contributed by atoms with van der Waals surface area (Å²) in [6, 6.07) is 0. The number of rotatable bonds is 5. The molecule has 1 aromatic rings. The molecule has 0 aliphatic heterocycles. The lowest BCUT2D eigenvalue weighted by Gasteiger charge is -2.21. The van der Waals surface area contributed by atoms with Gasteiger partial charge in [-0.2, -0.15) is 0 Å². The summed E-state index contributed by atoms with van der Waals surface area (Å²) in [6.07, 6.45) is 1.18. The Morgan fingerprint density at radius 1 is 1.53 bits per heavy atom. The number of amides is 1. The molecule has 0 bridgehead atoms. The lowest BCUT2D eigenvalue weighted by molar-refractivity contribution is -0.137. The number of carboxylic acids is 1. The van der Waals surface area contributed by atoms with Crippen LogP contribution >= 0.6 is 0 Å². The van der Waals surface area contributed by atoms with E-state index < -0.39 is 11.9 Å². The molecule has 0 radical (unpaired) electrons. The molecule has 17 heavy (non-hydrogen) atoms. The third-order valence-electron chi connectivity index (χ3n) is 2.14. The Hall–Kier alpha value is -1.85. The fourth-order valence-electron chi connectivity index (χ4n) is 1.47. The molecule has 0 atom stereocenters. The first kappa shape index (κ1) is 13.2. The second-order valence-electron chi connectivity index (χ2n) is 4.24. The SMILES string of the molecule is Cc1ncoc1C(=O)N(CC(=O)O)CC(C)C. The lowest BCUT2D eigenvalue weighted by Crippen LogP contribution is -2.38. The number of aromatic nitrogens is 1. The van der Waals surface area contributed by atoms with Gasteiger partial charge < -0.3 is 14.4 Å². The van der Waals surface area contributed by atoms with Crippen LogP contribution in [0.15, 0.2) is 10.8 Å². The van der Waals surface area contributed by atoms with Gasteiger partial charge in [-0.3, -0.25) is 9.59 Å². The highest BCUT2D eigenvalue weighted by Gasteiger charge is 2.23. The Labute approximate surface area is 99.2 Å². The summed E-state index contributed by atoms with van der Waals surface area (Å²) in [6.45, 7) is 5.50. The third kappa shape index (κ3) is 3.58. The topological polar surface area (TPSA) is 83.6 Å². The molecule has 0 saturated heterocycles. The molecule has 0 saturated carbocycles. The molecule has 0 aromatic carbocycles. The molecule has 1 rings (SSSR count). The van der Waals surface area contributed by atoms with Crippen LogP contribution in [-0.4, -0.2) is 40.0 Å². The maximum Gasteiger partial charge on any atom is 0.323 e. The van der Waals surface area contributed by atoms with Crippen molar-refractivity contribution >= 4 is 11.9 Å². The molecule has 1 aromatic heterocycles. The lowest BCUT2D eigenvalue weighted by atomic mass is 10.2. The Bertz CT molecular complexity index is 411. The molecular weight excluding hydrogens is 224 g/mol. The number of aliphatic carboxylic acids is 1. The van der Waals surface area contributed by atoms with E-state index in [1.807, 2.05) is 13.8 Å². The molecule has 1 amide bonds. The minimum atomic E-state index is -1.05. The van der Waals surface area contributed by atoms with Crippen LogP contribution in [0.5, 0.6) is 0 Å². The number of hydrogen-bond donors (Lipinski definition) is 1. The molecule has 1 N–H and O–H groups in total. The first-order valence-corrected chi connectivity index (χ1v) is 5.33. The van der Waals surface area contributed by atoms with Gasteiger partial charge in [-0.1, -0.05) is 13.8 Å². The summed E-state index contributed by atoms with van der Waals surface area (Å²) in [5, 5.41) is 8.77. The van der Waals surface area contributed by atoms with Gasteiger partial charge >= 0.3 is 5.97 Å². The van der Waals surface area contributed by atoms with E-state index in [2.05, 4.69) is 4.98 Å². The fourth-order valence-corrected chi connectivity index (χ4v) is 1.47. The number of carbonyl (C=O) groups is 2. The van der Waals surface area contributed by atoms with Gasteiger partial charge in [0.05, 0.1) is 5.69 Å². The zero-order chi connectivity index (χ0) is 13.0. The van der Waals surface area contributed by atoms with Gasteiger partial charge in [-0.15, -0.1) is 0 Å². The number of aryl methyl sites for hydroxylation is 1. The van der Waals surface area contributed by atoms with E-state index in [0.717, 1.165) is 0 Å². The predicted octanol–water partition coefficient (Wildman–Crippen LogP) is 1.17. The number of oxazole rings is 1. The summed E-state index contributed by atoms with van der Waals surface area (Å²) in [5.41, 5.74) is 0.467. The highest BCUT2D eigenvalue weighted by atomic mass is 16.4. The number of hydrogen-bond acceptors (Lipinski definition) is 4. The van der Waals surface area contributed by atoms with Crippen molar-refractivity contribution in [2.24, 2.45) is 5.92 Å². The van der Waals surface area contributed by atoms with Gasteiger partial charge in [-0.05, 0) is 12.8 Å². The van der Waals surface area contributed by atoms with Crippen LogP contribution in [-0.2, 0) is 4.79 Å². The largest absolute Gasteiger partial charge is 0.480 e. The van der Waals surface area contributed by atoms with Gasteiger partial charge in [0, 0.05) is 6.54 Å². The Kier molecular flexibility index (Phi) is 4.25. The smallest absolute Gasteiger partial charge is 0.323 e. The zero-order valence-corrected chi connectivity index (χ0v) is 10.1. The van der Waals surface area contributed by atoms with Gasteiger partial charge in [0.1, 0.15) is 6.54 Å². The van der Waals surface area contributed by atoms with Gasteiger partial charge in [0.2, 0.25) is 5.76 Å². The molecule has 6 nitrogen and oxygen atoms in total. The highest BCUT2D eigenvalue weighted by Crippen LogP contribution is 2.10. The van der Waals surface area contributed by atoms with Crippen molar-refractivity contribution in [2.75, 3.05) is 13.1 Å². The van der Waals surface area contributed by atoms with Gasteiger partial charge in [0.25, 0.3) is 5.91 Å². The average molecular weight is 240 g/mol. The fraction of sp³-hybridized carbons (Fsp3) is 0.545. The van der Waals surface area contributed by atoms with E-state index in [9.17, 15) is 9.59 Å². The standard InChI is InChI=1S/C11H16N2O4/c1-7(2)4-13(5-9(14)15)11(16)10-8(3)12-6-17-10/h6-7H,4-5H2,1-3H3,(H,14,15). The van der Waals surface area contributed by atoms with E-state index >= 15 is 0 Å². The molecule has 94 valence electrons. The summed E-state index contributed by atoms with van der Waals surface area (Å²) < 4.78 is 4.97. The predicted molar refractivity (Wildman–Crippen MR) is 59.6 cm³/mol. The zero-order valence-electron chi connectivity index (χ0n) is 10.1. The van der Waals surface area contributed by atoms with Crippen LogP contribution in [0.4, 0.5) is 0 Å². The van der Waals surface area contributed by atoms with E-state index in [1.165, 1.54) is 11.3 Å². The normalized spacial score (nSPS) is 10.6. The number of carbonyl (C=O) groups excluding carboxylic acids is 1. The van der Waals surface area contributed by atoms with Crippen LogP contribution in [0.25, 0.3) is 0 Å². The van der Waals surface area contributed by atoms with E-state index in [0.29, 0.717) is 12.2 Å². The summed E-state index contributed by atoms with van der Waals surface area (Å²) >= 11 is 0. The van der Waals surface area contributed by atoms with Crippen molar-refractivity contribution in [3.63, 3.8) is 0 Å². The summed E-state index contributed by atoms with van der Waals surface area (Å²) in [4.78, 5) is 27.8. The van der Waals surface area contributed by atoms with Crippen molar-refractivity contribution < 1.29 is 19.1 Å². The minimum absolute atomic E-state index is 0.104. The molecule has 0 fully saturated rings. The van der Waals surface area contributed by atoms with Crippen LogP contribution < -0.4 is 0 Å². The average Bonchev–Trinajstić information content (AvgIpc) is 2.61. The van der Waals surface area contributed by atoms with E-state index in [-0.39, 0.29) is 18.2 Å². The number of carboxylic acid groups (broad SMARTS) is 1. The van der Waals surface area contributed by atoms with Crippen LogP contribution in [0, 0.1) is 12.8 Å². The monoisotopic (exact) mass is 240 g/mol. The molecule has 6 heteroatoms. The molecular formula is C11H16N2O4. The second-order valence-corrected chi connectivity index (χ2v) is 4.24. The molecule has 0 aliphatic rings. The van der Waals surface area contributed by atoms with Crippen molar-refractivity contribution in [1.29, 1.82) is 0 Å². The molecule has 0 spiro atoms. The van der Waals surface area contributed by atoms with Crippen molar-refractivity contribution in [3.05, 3.63) is 17.8 Å². The first-order valence-electron chi connectivity index (χ1n) is 5.33. The molecule has 0 unspecified atom stereocenters. The van der Waals surface area contributed by atoms with Crippen LogP contribution in [0.2, 0.25) is 0 Å². The maximum absolute atomic E-state index is 12.0. The Morgan fingerprint density at radius 2 is 2.18 bits per heavy atom. The first-order chi connectivity index (χ1) is 7.91. The van der Waals surface area contributed by atoms with Gasteiger partial charge in [0.15, 0.2) is 6.39 Å². The van der Waals surface area contributed by atoms with Crippen LogP contribution in [0.3, 0.4) is 0 Å². The molecule has 1 heterocycles. The quantitative estimate of drug-likeness (QED) is 0.835. The van der Waals surface area contributed by atoms with Crippen molar-refractivity contribution in [2.45, 2.75) is 20.8 Å². The Balaban J connectivity index is 2.86. The maximum atomic E-state index is 12.0. The number of nitrogens with zero attached hydrogens (tertiary/aromatic N) is 2. The summed E-state index contributed by atoms with van der Waals surface area (Å²) in [7, 11) is 0. The third-order valence-corrected chi connectivity index (χ3v) is 2.14. The minimum Gasteiger partial charge on any atom is -0.480 e. The van der Waals surface area contributed by atoms with Crippen molar-refractivity contribution in [3.8, 4) is 0 Å². The van der Waals surface area contributed by atoms with Gasteiger partial charge in [-0.25, -0.2) is 4.98 Å². The van der Waals surface area contributed by atoms with Crippen LogP contribution in [0.1, 0.15) is 30.1 Å². The summed E-state index contributed by atoms with van der Waals surface area (Å²) in [5.74, 6) is -1.19. The van der Waals surface area contributed by atoms with Crippen molar-refractivity contribution in [1.82, 2.24) is 9.88 Å². The van der Waals surface area contributed by atoms with E-state index in [1.54, 1.807) is 6.92 Å². The van der Waals surface area contributed by atoms with E-state index in [4.69, 9.17) is 9.52 Å². The highest BCUT2D eigenvalue weighted by molar-refractivity contribution is 5.94. The Morgan fingerprint density at radius 3 is 2.59 bits per heavy atom.